The van der Waals surface area contributed by atoms with Crippen molar-refractivity contribution >= 4 is 0 Å². The van der Waals surface area contributed by atoms with E-state index in [-0.39, 0.29) is 17.8 Å². The van der Waals surface area contributed by atoms with E-state index in [2.05, 4.69) is 6.07 Å². The van der Waals surface area contributed by atoms with E-state index in [0.717, 1.165) is 23.3 Å². The van der Waals surface area contributed by atoms with E-state index in [4.69, 9.17) is 10.5 Å². The van der Waals surface area contributed by atoms with Gasteiger partial charge in [0.15, 0.2) is 0 Å². The van der Waals surface area contributed by atoms with E-state index in [1.54, 1.807) is 6.07 Å². The first-order valence-electron chi connectivity index (χ1n) is 6.87. The van der Waals surface area contributed by atoms with Crippen molar-refractivity contribution in [2.24, 2.45) is 11.7 Å². The lowest BCUT2D eigenvalue weighted by atomic mass is 9.85. The van der Waals surface area contributed by atoms with Crippen molar-refractivity contribution in [1.29, 1.82) is 0 Å². The van der Waals surface area contributed by atoms with Gasteiger partial charge in [-0.1, -0.05) is 24.3 Å². The SMILES string of the molecule is Cc1cc(F)ccc1C(N)C1COc2ccccc2C1. The molecule has 0 aromatic heterocycles. The molecule has 2 aromatic carbocycles. The molecule has 0 radical (unpaired) electrons. The van der Waals surface area contributed by atoms with E-state index in [1.807, 2.05) is 25.1 Å². The van der Waals surface area contributed by atoms with Crippen LogP contribution in [0.4, 0.5) is 4.39 Å². The molecule has 0 saturated heterocycles. The van der Waals surface area contributed by atoms with Crippen LogP contribution in [0.1, 0.15) is 22.7 Å². The lowest BCUT2D eigenvalue weighted by Crippen LogP contribution is -2.31. The van der Waals surface area contributed by atoms with E-state index in [1.165, 1.54) is 17.7 Å². The summed E-state index contributed by atoms with van der Waals surface area (Å²) in [5.74, 6) is 0.949. The van der Waals surface area contributed by atoms with Gasteiger partial charge in [-0.05, 0) is 48.2 Å². The van der Waals surface area contributed by atoms with Crippen LogP contribution >= 0.6 is 0 Å². The van der Waals surface area contributed by atoms with Gasteiger partial charge in [-0.25, -0.2) is 4.39 Å². The zero-order valence-corrected chi connectivity index (χ0v) is 11.5. The highest BCUT2D eigenvalue weighted by atomic mass is 19.1. The van der Waals surface area contributed by atoms with Gasteiger partial charge in [-0.15, -0.1) is 0 Å². The monoisotopic (exact) mass is 271 g/mol. The Morgan fingerprint density at radius 1 is 1.25 bits per heavy atom. The molecule has 1 aliphatic heterocycles. The van der Waals surface area contributed by atoms with Gasteiger partial charge < -0.3 is 10.5 Å². The maximum Gasteiger partial charge on any atom is 0.123 e. The van der Waals surface area contributed by atoms with Gasteiger partial charge in [0.25, 0.3) is 0 Å². The molecule has 3 rings (SSSR count). The van der Waals surface area contributed by atoms with E-state index >= 15 is 0 Å². The standard InChI is InChI=1S/C17H18FNO/c1-11-8-14(18)6-7-15(11)17(19)13-9-12-4-2-3-5-16(12)20-10-13/h2-8,13,17H,9-10,19H2,1H3. The highest BCUT2D eigenvalue weighted by molar-refractivity contribution is 5.37. The van der Waals surface area contributed by atoms with Crippen LogP contribution in [0.3, 0.4) is 0 Å². The fourth-order valence-corrected chi connectivity index (χ4v) is 2.85. The number of ether oxygens (including phenoxy) is 1. The Morgan fingerprint density at radius 2 is 2.05 bits per heavy atom. The molecule has 0 aliphatic carbocycles. The minimum absolute atomic E-state index is 0.135. The van der Waals surface area contributed by atoms with E-state index < -0.39 is 0 Å². The summed E-state index contributed by atoms with van der Waals surface area (Å²) in [6, 6.07) is 12.7. The summed E-state index contributed by atoms with van der Waals surface area (Å²) in [5, 5.41) is 0. The minimum Gasteiger partial charge on any atom is -0.493 e. The molecule has 2 aromatic rings. The topological polar surface area (TPSA) is 35.2 Å². The Labute approximate surface area is 118 Å². The van der Waals surface area contributed by atoms with Crippen LogP contribution in [0.25, 0.3) is 0 Å². The molecule has 0 saturated carbocycles. The van der Waals surface area contributed by atoms with Crippen LogP contribution in [0, 0.1) is 18.7 Å². The molecule has 2 nitrogen and oxygen atoms in total. The van der Waals surface area contributed by atoms with Crippen molar-refractivity contribution in [1.82, 2.24) is 0 Å². The number of hydrogen-bond acceptors (Lipinski definition) is 2. The molecule has 0 bridgehead atoms. The molecule has 2 unspecified atom stereocenters. The molecule has 0 spiro atoms. The summed E-state index contributed by atoms with van der Waals surface area (Å²) >= 11 is 0. The first-order valence-corrected chi connectivity index (χ1v) is 6.87. The highest BCUT2D eigenvalue weighted by Gasteiger charge is 2.26. The van der Waals surface area contributed by atoms with Crippen LogP contribution < -0.4 is 10.5 Å². The number of halogens is 1. The number of hydrogen-bond donors (Lipinski definition) is 1. The molecule has 1 heterocycles. The van der Waals surface area contributed by atoms with E-state index in [0.29, 0.717) is 6.61 Å². The molecule has 3 heteroatoms. The van der Waals surface area contributed by atoms with Crippen molar-refractivity contribution in [3.8, 4) is 5.75 Å². The number of fused-ring (bicyclic) bond motifs is 1. The molecule has 2 N–H and O–H groups in total. The Kier molecular flexibility index (Phi) is 3.45. The van der Waals surface area contributed by atoms with Gasteiger partial charge >= 0.3 is 0 Å². The minimum atomic E-state index is -0.219. The third-order valence-corrected chi connectivity index (χ3v) is 4.01. The average Bonchev–Trinajstić information content (AvgIpc) is 2.46. The van der Waals surface area contributed by atoms with Crippen LogP contribution in [0.15, 0.2) is 42.5 Å². The van der Waals surface area contributed by atoms with Gasteiger partial charge in [0, 0.05) is 12.0 Å². The van der Waals surface area contributed by atoms with Gasteiger partial charge in [-0.3, -0.25) is 0 Å². The van der Waals surface area contributed by atoms with Gasteiger partial charge in [0.1, 0.15) is 11.6 Å². The Hall–Kier alpha value is -1.87. The molecule has 0 amide bonds. The Bertz CT molecular complexity index is 626. The second-order valence-corrected chi connectivity index (χ2v) is 5.41. The Morgan fingerprint density at radius 3 is 2.85 bits per heavy atom. The molecule has 0 fully saturated rings. The zero-order valence-electron chi connectivity index (χ0n) is 11.5. The van der Waals surface area contributed by atoms with Crippen molar-refractivity contribution in [3.63, 3.8) is 0 Å². The molecule has 104 valence electrons. The van der Waals surface area contributed by atoms with Crippen LogP contribution in [-0.4, -0.2) is 6.61 Å². The number of para-hydroxylation sites is 1. The van der Waals surface area contributed by atoms with Crippen molar-refractivity contribution in [2.45, 2.75) is 19.4 Å². The average molecular weight is 271 g/mol. The first-order chi connectivity index (χ1) is 9.65. The number of aryl methyl sites for hydroxylation is 1. The van der Waals surface area contributed by atoms with Gasteiger partial charge in [0.2, 0.25) is 0 Å². The summed E-state index contributed by atoms with van der Waals surface area (Å²) in [4.78, 5) is 0. The normalized spacial score (nSPS) is 19.1. The number of benzene rings is 2. The van der Waals surface area contributed by atoms with Crippen LogP contribution in [0.5, 0.6) is 5.75 Å². The largest absolute Gasteiger partial charge is 0.493 e. The number of rotatable bonds is 2. The lowest BCUT2D eigenvalue weighted by Gasteiger charge is -2.30. The summed E-state index contributed by atoms with van der Waals surface area (Å²) < 4.78 is 19.0. The predicted molar refractivity (Wildman–Crippen MR) is 77.2 cm³/mol. The summed E-state index contributed by atoms with van der Waals surface area (Å²) in [6.45, 7) is 2.50. The van der Waals surface area contributed by atoms with Crippen LogP contribution in [-0.2, 0) is 6.42 Å². The Balaban J connectivity index is 1.84. The van der Waals surface area contributed by atoms with Crippen molar-refractivity contribution in [2.75, 3.05) is 6.61 Å². The quantitative estimate of drug-likeness (QED) is 0.908. The second-order valence-electron chi connectivity index (χ2n) is 5.41. The molecule has 2 atom stereocenters. The summed E-state index contributed by atoms with van der Waals surface area (Å²) in [5.41, 5.74) is 9.47. The van der Waals surface area contributed by atoms with Crippen LogP contribution in [0.2, 0.25) is 0 Å². The maximum absolute atomic E-state index is 13.2. The molecular formula is C17H18FNO. The number of nitrogens with two attached hydrogens (primary N) is 1. The highest BCUT2D eigenvalue weighted by Crippen LogP contribution is 2.33. The fourth-order valence-electron chi connectivity index (χ4n) is 2.85. The third kappa shape index (κ3) is 2.41. The summed E-state index contributed by atoms with van der Waals surface area (Å²) in [7, 11) is 0. The van der Waals surface area contributed by atoms with Gasteiger partial charge in [0.05, 0.1) is 6.61 Å². The van der Waals surface area contributed by atoms with Crippen molar-refractivity contribution < 1.29 is 9.13 Å². The summed E-state index contributed by atoms with van der Waals surface area (Å²) in [6.07, 6.45) is 0.897. The van der Waals surface area contributed by atoms with Crippen molar-refractivity contribution in [3.05, 3.63) is 65.0 Å². The molecular weight excluding hydrogens is 253 g/mol. The fraction of sp³-hybridized carbons (Fsp3) is 0.294. The molecule has 20 heavy (non-hydrogen) atoms. The van der Waals surface area contributed by atoms with E-state index in [9.17, 15) is 4.39 Å². The zero-order chi connectivity index (χ0) is 14.1. The maximum atomic E-state index is 13.2. The van der Waals surface area contributed by atoms with Gasteiger partial charge in [-0.2, -0.15) is 0 Å². The lowest BCUT2D eigenvalue weighted by molar-refractivity contribution is 0.199. The third-order valence-electron chi connectivity index (χ3n) is 4.01. The second kappa shape index (κ2) is 5.25. The smallest absolute Gasteiger partial charge is 0.123 e. The predicted octanol–water partition coefficient (Wildman–Crippen LogP) is 3.39. The first kappa shape index (κ1) is 13.1. The molecule has 1 aliphatic rings.